The van der Waals surface area contributed by atoms with Gasteiger partial charge < -0.3 is 4.74 Å². The maximum atomic E-state index is 13.8. The maximum Gasteiger partial charge on any atom is 0.313 e. The number of halogens is 2. The Kier molecular flexibility index (Phi) is 9.76. The monoisotopic (exact) mass is 674 g/mol. The number of ketones is 2. The Morgan fingerprint density at radius 2 is 1.40 bits per heavy atom. The molecule has 2 aliphatic rings. The smallest absolute Gasteiger partial charge is 0.313 e. The van der Waals surface area contributed by atoms with Gasteiger partial charge in [0.05, 0.1) is 6.42 Å². The van der Waals surface area contributed by atoms with E-state index in [0.717, 1.165) is 34.8 Å². The van der Waals surface area contributed by atoms with Crippen molar-refractivity contribution < 1.29 is 27.9 Å². The zero-order chi connectivity index (χ0) is 35.8. The van der Waals surface area contributed by atoms with E-state index < -0.39 is 30.4 Å². The fourth-order valence-corrected chi connectivity index (χ4v) is 8.63. The molecule has 50 heavy (non-hydrogen) atoms. The van der Waals surface area contributed by atoms with Gasteiger partial charge in [0, 0.05) is 11.8 Å². The minimum atomic E-state index is -0.605. The molecular weight excluding hydrogens is 630 g/mol. The van der Waals surface area contributed by atoms with E-state index in [1.807, 2.05) is 26.0 Å². The number of carbonyl (C=O) groups excluding carboxylic acids is 3. The Balaban J connectivity index is 1.19. The SMILES string of the molecule is CC(C)C(C=CC(=O)CC(=O)CC(=O)OC1C2CC[C@@](C)(C1c1cccc3ccccc13)C2(C)C)=C(c1ccc(F)cc1)c1ccc(F)cc1. The summed E-state index contributed by atoms with van der Waals surface area (Å²) < 4.78 is 33.8. The molecule has 4 aromatic rings. The van der Waals surface area contributed by atoms with Crippen LogP contribution in [0.5, 0.6) is 0 Å². The molecular formula is C44H44F2O4. The Morgan fingerprint density at radius 3 is 2.02 bits per heavy atom. The third-order valence-corrected chi connectivity index (χ3v) is 11.5. The van der Waals surface area contributed by atoms with Crippen molar-refractivity contribution in [1.29, 1.82) is 0 Å². The van der Waals surface area contributed by atoms with Crippen molar-refractivity contribution >= 4 is 33.9 Å². The molecule has 0 spiro atoms. The number of carbonyl (C=O) groups is 3. The molecule has 4 aromatic carbocycles. The Morgan fingerprint density at radius 1 is 0.800 bits per heavy atom. The molecule has 0 radical (unpaired) electrons. The summed E-state index contributed by atoms with van der Waals surface area (Å²) in [4.78, 5) is 39.6. The molecule has 0 N–H and O–H groups in total. The largest absolute Gasteiger partial charge is 0.461 e. The van der Waals surface area contributed by atoms with Gasteiger partial charge in [-0.15, -0.1) is 0 Å². The van der Waals surface area contributed by atoms with Gasteiger partial charge in [0.25, 0.3) is 0 Å². The zero-order valence-corrected chi connectivity index (χ0v) is 29.3. The van der Waals surface area contributed by atoms with Crippen LogP contribution in [0.25, 0.3) is 16.3 Å². The lowest BCUT2D eigenvalue weighted by atomic mass is 9.64. The van der Waals surface area contributed by atoms with Gasteiger partial charge in [0.15, 0.2) is 11.6 Å². The van der Waals surface area contributed by atoms with E-state index >= 15 is 0 Å². The molecule has 6 rings (SSSR count). The first kappa shape index (κ1) is 35.1. The number of esters is 1. The van der Waals surface area contributed by atoms with Crippen LogP contribution in [-0.4, -0.2) is 23.6 Å². The standard InChI is InChI=1S/C44H44F2O4/c1-27(2)35(40(29-13-17-31(45)18-14-29)30-15-19-32(46)20-16-30)22-21-33(47)25-34(48)26-39(49)50-42-38-23-24-44(5,43(38,3)4)41(42)37-12-8-10-28-9-6-7-11-36(28)37/h6-22,27,38,41-42H,23-26H2,1-5H3/t38?,41?,42?,44-/m0/s1. The van der Waals surface area contributed by atoms with Gasteiger partial charge in [-0.3, -0.25) is 14.4 Å². The lowest BCUT2D eigenvalue weighted by molar-refractivity contribution is -0.155. The van der Waals surface area contributed by atoms with E-state index in [-0.39, 0.29) is 46.3 Å². The number of rotatable bonds is 11. The first-order valence-corrected chi connectivity index (χ1v) is 17.5. The van der Waals surface area contributed by atoms with Crippen LogP contribution < -0.4 is 0 Å². The van der Waals surface area contributed by atoms with E-state index in [2.05, 4.69) is 51.1 Å². The Hall–Kier alpha value is -4.71. The van der Waals surface area contributed by atoms with E-state index in [0.29, 0.717) is 11.1 Å². The molecule has 2 fully saturated rings. The van der Waals surface area contributed by atoms with Crippen molar-refractivity contribution in [2.75, 3.05) is 0 Å². The predicted molar refractivity (Wildman–Crippen MR) is 193 cm³/mol. The number of fused-ring (bicyclic) bond motifs is 3. The molecule has 2 bridgehead atoms. The molecule has 0 heterocycles. The fraction of sp³-hybridized carbons (Fsp3) is 0.341. The number of hydrogen-bond donors (Lipinski definition) is 0. The number of ether oxygens (including phenoxy) is 1. The van der Waals surface area contributed by atoms with Crippen LogP contribution in [-0.2, 0) is 19.1 Å². The second-order valence-corrected chi connectivity index (χ2v) is 15.0. The average Bonchev–Trinajstić information content (AvgIpc) is 3.39. The first-order chi connectivity index (χ1) is 23.8. The molecule has 2 saturated carbocycles. The molecule has 0 saturated heterocycles. The summed E-state index contributed by atoms with van der Waals surface area (Å²) in [6.45, 7) is 10.8. The van der Waals surface area contributed by atoms with Crippen molar-refractivity contribution in [2.24, 2.45) is 22.7 Å². The van der Waals surface area contributed by atoms with Gasteiger partial charge >= 0.3 is 5.97 Å². The van der Waals surface area contributed by atoms with E-state index in [1.165, 1.54) is 35.9 Å². The normalized spacial score (nSPS) is 22.3. The summed E-state index contributed by atoms with van der Waals surface area (Å²) >= 11 is 0. The Bertz CT molecular complexity index is 1930. The minimum absolute atomic E-state index is 0.0244. The summed E-state index contributed by atoms with van der Waals surface area (Å²) in [5.74, 6) is -2.27. The second-order valence-electron chi connectivity index (χ2n) is 15.0. The van der Waals surface area contributed by atoms with Gasteiger partial charge in [0.1, 0.15) is 24.2 Å². The Labute approximate surface area is 293 Å². The van der Waals surface area contributed by atoms with Crippen molar-refractivity contribution in [2.45, 2.75) is 72.3 Å². The summed E-state index contributed by atoms with van der Waals surface area (Å²) in [5, 5.41) is 2.29. The van der Waals surface area contributed by atoms with Gasteiger partial charge in [-0.25, -0.2) is 8.78 Å². The van der Waals surface area contributed by atoms with Gasteiger partial charge in [-0.05, 0) is 98.5 Å². The number of benzene rings is 4. The maximum absolute atomic E-state index is 13.8. The topological polar surface area (TPSA) is 60.4 Å². The highest BCUT2D eigenvalue weighted by Gasteiger charge is 2.67. The van der Waals surface area contributed by atoms with Crippen LogP contribution >= 0.6 is 0 Å². The average molecular weight is 675 g/mol. The number of allylic oxidation sites excluding steroid dienone is 3. The third kappa shape index (κ3) is 6.60. The van der Waals surface area contributed by atoms with Gasteiger partial charge in [-0.1, -0.05) is 107 Å². The molecule has 0 amide bonds. The molecule has 2 aliphatic carbocycles. The third-order valence-electron chi connectivity index (χ3n) is 11.5. The summed E-state index contributed by atoms with van der Waals surface area (Å²) in [6.07, 6.45) is 3.69. The second kappa shape index (κ2) is 13.9. The molecule has 258 valence electrons. The van der Waals surface area contributed by atoms with Crippen LogP contribution in [0.2, 0.25) is 0 Å². The summed E-state index contributed by atoms with van der Waals surface area (Å²) in [7, 11) is 0. The summed E-state index contributed by atoms with van der Waals surface area (Å²) in [6, 6.07) is 26.5. The van der Waals surface area contributed by atoms with Crippen molar-refractivity contribution in [3.05, 3.63) is 137 Å². The quantitative estimate of drug-likeness (QED) is 0.0688. The van der Waals surface area contributed by atoms with Gasteiger partial charge in [0.2, 0.25) is 0 Å². The lowest BCUT2D eigenvalue weighted by Crippen LogP contribution is -2.35. The highest BCUT2D eigenvalue weighted by atomic mass is 19.1. The molecule has 4 atom stereocenters. The highest BCUT2D eigenvalue weighted by molar-refractivity contribution is 6.09. The zero-order valence-electron chi connectivity index (χ0n) is 29.3. The van der Waals surface area contributed by atoms with Gasteiger partial charge in [-0.2, -0.15) is 0 Å². The van der Waals surface area contributed by atoms with E-state index in [1.54, 1.807) is 30.3 Å². The van der Waals surface area contributed by atoms with Crippen LogP contribution in [0.15, 0.2) is 109 Å². The van der Waals surface area contributed by atoms with Crippen molar-refractivity contribution in [3.8, 4) is 0 Å². The van der Waals surface area contributed by atoms with Crippen molar-refractivity contribution in [1.82, 2.24) is 0 Å². The molecule has 3 unspecified atom stereocenters. The molecule has 6 heteroatoms. The van der Waals surface area contributed by atoms with Crippen molar-refractivity contribution in [3.63, 3.8) is 0 Å². The molecule has 4 nitrogen and oxygen atoms in total. The molecule has 0 aromatic heterocycles. The predicted octanol–water partition coefficient (Wildman–Crippen LogP) is 10.2. The summed E-state index contributed by atoms with van der Waals surface area (Å²) in [5.41, 5.74) is 3.89. The van der Waals surface area contributed by atoms with Crippen LogP contribution in [0.1, 0.15) is 82.9 Å². The van der Waals surface area contributed by atoms with E-state index in [4.69, 9.17) is 4.74 Å². The van der Waals surface area contributed by atoms with Crippen LogP contribution in [0.3, 0.4) is 0 Å². The highest BCUT2D eigenvalue weighted by Crippen LogP contribution is 2.72. The first-order valence-electron chi connectivity index (χ1n) is 17.5. The van der Waals surface area contributed by atoms with E-state index in [9.17, 15) is 23.2 Å². The minimum Gasteiger partial charge on any atom is -0.461 e. The van der Waals surface area contributed by atoms with Crippen LogP contribution in [0, 0.1) is 34.3 Å². The lowest BCUT2D eigenvalue weighted by Gasteiger charge is -2.40. The number of Topliss-reactive ketones (excluding diaryl/α,β-unsaturated/α-hetero) is 1. The fourth-order valence-electron chi connectivity index (χ4n) is 8.63. The molecule has 0 aliphatic heterocycles. The number of hydrogen-bond acceptors (Lipinski definition) is 4. The van der Waals surface area contributed by atoms with Crippen LogP contribution in [0.4, 0.5) is 8.78 Å².